The average Bonchev–Trinajstić information content (AvgIpc) is 2.46. The highest BCUT2D eigenvalue weighted by atomic mass is 16.5. The first-order valence-electron chi connectivity index (χ1n) is 7.50. The summed E-state index contributed by atoms with van der Waals surface area (Å²) in [4.78, 5) is 13.9. The summed E-state index contributed by atoms with van der Waals surface area (Å²) in [6, 6.07) is 7.85. The minimum atomic E-state index is -0.202. The minimum Gasteiger partial charge on any atom is -0.492 e. The molecule has 0 atom stereocenters. The van der Waals surface area contributed by atoms with Gasteiger partial charge in [-0.1, -0.05) is 12.1 Å². The van der Waals surface area contributed by atoms with Crippen molar-refractivity contribution in [2.24, 2.45) is 0 Å². The molecule has 1 saturated heterocycles. The molecule has 0 aliphatic carbocycles. The number of amides is 1. The summed E-state index contributed by atoms with van der Waals surface area (Å²) in [5, 5.41) is 12.3. The second-order valence-corrected chi connectivity index (χ2v) is 5.52. The lowest BCUT2D eigenvalue weighted by molar-refractivity contribution is -0.122. The van der Waals surface area contributed by atoms with Crippen molar-refractivity contribution in [1.29, 1.82) is 0 Å². The quantitative estimate of drug-likeness (QED) is 0.766. The normalized spacial score (nSPS) is 16.7. The number of nitrogens with one attached hydrogen (secondary N) is 1. The highest BCUT2D eigenvalue weighted by Crippen LogP contribution is 2.12. The number of aryl methyl sites for hydroxylation is 1. The van der Waals surface area contributed by atoms with Crippen LogP contribution in [0, 0.1) is 6.92 Å². The van der Waals surface area contributed by atoms with Gasteiger partial charge in [0.2, 0.25) is 5.91 Å². The van der Waals surface area contributed by atoms with Gasteiger partial charge < -0.3 is 15.2 Å². The fraction of sp³-hybridized carbons (Fsp3) is 0.562. The van der Waals surface area contributed by atoms with Crippen molar-refractivity contribution in [1.82, 2.24) is 10.2 Å². The summed E-state index contributed by atoms with van der Waals surface area (Å²) in [7, 11) is 0. The van der Waals surface area contributed by atoms with Crippen LogP contribution in [0.1, 0.15) is 18.4 Å². The summed E-state index contributed by atoms with van der Waals surface area (Å²) < 4.78 is 5.58. The Bertz CT molecular complexity index is 457. The first-order valence-corrected chi connectivity index (χ1v) is 7.50. The lowest BCUT2D eigenvalue weighted by Gasteiger charge is -2.28. The van der Waals surface area contributed by atoms with Gasteiger partial charge in [-0.25, -0.2) is 0 Å². The Morgan fingerprint density at radius 1 is 1.43 bits per heavy atom. The standard InChI is InChI=1S/C16H24N2O3/c1-13-3-2-4-15(11-13)21-10-7-17-16(20)12-18-8-5-14(19)6-9-18/h2-4,11,14,19H,5-10,12H2,1H3,(H,17,20). The van der Waals surface area contributed by atoms with Crippen LogP contribution in [0.3, 0.4) is 0 Å². The number of hydrogen-bond donors (Lipinski definition) is 2. The number of ether oxygens (including phenoxy) is 1. The maximum Gasteiger partial charge on any atom is 0.234 e. The SMILES string of the molecule is Cc1cccc(OCCNC(=O)CN2CCC(O)CC2)c1. The zero-order valence-electron chi connectivity index (χ0n) is 12.5. The third kappa shape index (κ3) is 5.73. The lowest BCUT2D eigenvalue weighted by Crippen LogP contribution is -2.43. The van der Waals surface area contributed by atoms with Crippen molar-refractivity contribution >= 4 is 5.91 Å². The van der Waals surface area contributed by atoms with E-state index in [0.29, 0.717) is 19.7 Å². The molecule has 5 nitrogen and oxygen atoms in total. The van der Waals surface area contributed by atoms with Crippen LogP contribution in [0.5, 0.6) is 5.75 Å². The number of likely N-dealkylation sites (tertiary alicyclic amines) is 1. The number of aliphatic hydroxyl groups is 1. The molecule has 0 bridgehead atoms. The lowest BCUT2D eigenvalue weighted by atomic mass is 10.1. The Balaban J connectivity index is 1.59. The van der Waals surface area contributed by atoms with E-state index in [1.807, 2.05) is 31.2 Å². The fourth-order valence-corrected chi connectivity index (χ4v) is 2.40. The number of nitrogens with zero attached hydrogens (tertiary/aromatic N) is 1. The minimum absolute atomic E-state index is 0.0132. The zero-order valence-corrected chi connectivity index (χ0v) is 12.5. The van der Waals surface area contributed by atoms with Crippen LogP contribution in [0.2, 0.25) is 0 Å². The van der Waals surface area contributed by atoms with E-state index >= 15 is 0 Å². The van der Waals surface area contributed by atoms with Gasteiger partial charge in [-0.3, -0.25) is 9.69 Å². The van der Waals surface area contributed by atoms with Gasteiger partial charge in [0.1, 0.15) is 12.4 Å². The number of piperidine rings is 1. The van der Waals surface area contributed by atoms with Crippen LogP contribution in [0.4, 0.5) is 0 Å². The van der Waals surface area contributed by atoms with E-state index in [-0.39, 0.29) is 12.0 Å². The van der Waals surface area contributed by atoms with Crippen LogP contribution in [0.25, 0.3) is 0 Å². The van der Waals surface area contributed by atoms with Gasteiger partial charge in [0, 0.05) is 13.1 Å². The van der Waals surface area contributed by atoms with E-state index in [2.05, 4.69) is 10.2 Å². The first kappa shape index (κ1) is 15.8. The first-order chi connectivity index (χ1) is 10.1. The van der Waals surface area contributed by atoms with Crippen molar-refractivity contribution in [2.75, 3.05) is 32.8 Å². The van der Waals surface area contributed by atoms with Gasteiger partial charge in [0.25, 0.3) is 0 Å². The third-order valence-corrected chi connectivity index (χ3v) is 3.61. The van der Waals surface area contributed by atoms with Crippen LogP contribution in [-0.4, -0.2) is 54.8 Å². The molecule has 1 aliphatic heterocycles. The largest absolute Gasteiger partial charge is 0.492 e. The van der Waals surface area contributed by atoms with E-state index in [1.54, 1.807) is 0 Å². The summed E-state index contributed by atoms with van der Waals surface area (Å²) in [6.07, 6.45) is 1.31. The Kier molecular flexibility index (Phi) is 6.02. The fourth-order valence-electron chi connectivity index (χ4n) is 2.40. The molecule has 116 valence electrons. The molecule has 1 aromatic carbocycles. The molecule has 1 fully saturated rings. The van der Waals surface area contributed by atoms with E-state index in [4.69, 9.17) is 4.74 Å². The Morgan fingerprint density at radius 3 is 2.90 bits per heavy atom. The monoisotopic (exact) mass is 292 g/mol. The highest BCUT2D eigenvalue weighted by molar-refractivity contribution is 5.78. The summed E-state index contributed by atoms with van der Waals surface area (Å²) in [6.45, 7) is 4.96. The Hall–Kier alpha value is -1.59. The topological polar surface area (TPSA) is 61.8 Å². The smallest absolute Gasteiger partial charge is 0.234 e. The predicted octanol–water partition coefficient (Wildman–Crippen LogP) is 0.947. The molecule has 0 aromatic heterocycles. The van der Waals surface area contributed by atoms with Crippen LogP contribution >= 0.6 is 0 Å². The van der Waals surface area contributed by atoms with Crippen molar-refractivity contribution in [2.45, 2.75) is 25.9 Å². The Morgan fingerprint density at radius 2 is 2.19 bits per heavy atom. The highest BCUT2D eigenvalue weighted by Gasteiger charge is 2.18. The number of benzene rings is 1. The number of carbonyl (C=O) groups excluding carboxylic acids is 1. The van der Waals surface area contributed by atoms with Gasteiger partial charge in [0.05, 0.1) is 19.2 Å². The van der Waals surface area contributed by atoms with Gasteiger partial charge in [0.15, 0.2) is 0 Å². The molecule has 0 unspecified atom stereocenters. The number of rotatable bonds is 6. The van der Waals surface area contributed by atoms with E-state index in [1.165, 1.54) is 0 Å². The van der Waals surface area contributed by atoms with Gasteiger partial charge >= 0.3 is 0 Å². The molecular formula is C16H24N2O3. The predicted molar refractivity (Wildman–Crippen MR) is 81.4 cm³/mol. The molecular weight excluding hydrogens is 268 g/mol. The van der Waals surface area contributed by atoms with Crippen molar-refractivity contribution < 1.29 is 14.6 Å². The molecule has 0 spiro atoms. The van der Waals surface area contributed by atoms with Crippen LogP contribution < -0.4 is 10.1 Å². The summed E-state index contributed by atoms with van der Waals surface area (Å²) >= 11 is 0. The van der Waals surface area contributed by atoms with E-state index < -0.39 is 0 Å². The van der Waals surface area contributed by atoms with Crippen molar-refractivity contribution in [3.63, 3.8) is 0 Å². The molecule has 1 aliphatic rings. The zero-order chi connectivity index (χ0) is 15.1. The van der Waals surface area contributed by atoms with Crippen LogP contribution in [0.15, 0.2) is 24.3 Å². The maximum atomic E-state index is 11.8. The van der Waals surface area contributed by atoms with E-state index in [0.717, 1.165) is 37.2 Å². The number of carbonyl (C=O) groups is 1. The molecule has 0 radical (unpaired) electrons. The van der Waals surface area contributed by atoms with Gasteiger partial charge in [-0.2, -0.15) is 0 Å². The number of aliphatic hydroxyl groups excluding tert-OH is 1. The third-order valence-electron chi connectivity index (χ3n) is 3.61. The van der Waals surface area contributed by atoms with Gasteiger partial charge in [-0.15, -0.1) is 0 Å². The molecule has 21 heavy (non-hydrogen) atoms. The van der Waals surface area contributed by atoms with Crippen LogP contribution in [-0.2, 0) is 4.79 Å². The summed E-state index contributed by atoms with van der Waals surface area (Å²) in [5.74, 6) is 0.841. The second kappa shape index (κ2) is 8.00. The van der Waals surface area contributed by atoms with Crippen molar-refractivity contribution in [3.05, 3.63) is 29.8 Å². The van der Waals surface area contributed by atoms with Crippen molar-refractivity contribution in [3.8, 4) is 5.75 Å². The maximum absolute atomic E-state index is 11.8. The summed E-state index contributed by atoms with van der Waals surface area (Å²) in [5.41, 5.74) is 1.16. The van der Waals surface area contributed by atoms with E-state index in [9.17, 15) is 9.90 Å². The number of hydrogen-bond acceptors (Lipinski definition) is 4. The molecule has 1 aromatic rings. The average molecular weight is 292 g/mol. The molecule has 2 rings (SSSR count). The Labute approximate surface area is 125 Å². The molecule has 2 N–H and O–H groups in total. The molecule has 0 saturated carbocycles. The van der Waals surface area contributed by atoms with Gasteiger partial charge in [-0.05, 0) is 37.5 Å². The molecule has 5 heteroatoms. The second-order valence-electron chi connectivity index (χ2n) is 5.52. The molecule has 1 amide bonds. The molecule has 1 heterocycles.